The van der Waals surface area contributed by atoms with Gasteiger partial charge in [0.05, 0.1) is 0 Å². The van der Waals surface area contributed by atoms with E-state index < -0.39 is 0 Å². The number of benzene rings is 2. The fraction of sp³-hybridized carbons (Fsp3) is 0.316. The molecule has 4 heteroatoms. The van der Waals surface area contributed by atoms with Crippen LogP contribution in [0.15, 0.2) is 53.4 Å². The summed E-state index contributed by atoms with van der Waals surface area (Å²) in [6.45, 7) is 3.83. The fourth-order valence-electron chi connectivity index (χ4n) is 2.82. The van der Waals surface area contributed by atoms with Gasteiger partial charge >= 0.3 is 0 Å². The second-order valence-electron chi connectivity index (χ2n) is 5.97. The maximum Gasteiger partial charge on any atom is 0.251 e. The van der Waals surface area contributed by atoms with Crippen molar-refractivity contribution in [2.75, 3.05) is 25.0 Å². The maximum atomic E-state index is 12.3. The Morgan fingerprint density at radius 3 is 2.83 bits per heavy atom. The van der Waals surface area contributed by atoms with E-state index in [1.165, 1.54) is 16.1 Å². The molecule has 23 heavy (non-hydrogen) atoms. The quantitative estimate of drug-likeness (QED) is 0.852. The first kappa shape index (κ1) is 15.9. The zero-order valence-corrected chi connectivity index (χ0v) is 14.4. The fourth-order valence-corrected chi connectivity index (χ4v) is 3.77. The molecular weight excluding hydrogens is 304 g/mol. The number of likely N-dealkylation sites (N-methyl/N-ethyl adjacent to an activating group) is 1. The molecule has 0 saturated heterocycles. The Morgan fingerprint density at radius 2 is 2.04 bits per heavy atom. The SMILES string of the molecule is C[C@H](CNC(=O)c1ccc2c(c1)CCN2C)Sc1ccccc1. The van der Waals surface area contributed by atoms with Crippen molar-refractivity contribution >= 4 is 23.4 Å². The maximum absolute atomic E-state index is 12.3. The number of carbonyl (C=O) groups is 1. The number of carbonyl (C=O) groups excluding carboxylic acids is 1. The number of thioether (sulfide) groups is 1. The van der Waals surface area contributed by atoms with Crippen LogP contribution >= 0.6 is 11.8 Å². The minimum Gasteiger partial charge on any atom is -0.374 e. The molecule has 1 amide bonds. The summed E-state index contributed by atoms with van der Waals surface area (Å²) in [5, 5.41) is 3.38. The average molecular weight is 326 g/mol. The molecule has 1 heterocycles. The molecule has 0 bridgehead atoms. The van der Waals surface area contributed by atoms with Gasteiger partial charge < -0.3 is 10.2 Å². The van der Waals surface area contributed by atoms with Crippen LogP contribution in [0.4, 0.5) is 5.69 Å². The van der Waals surface area contributed by atoms with Gasteiger partial charge in [-0.3, -0.25) is 4.79 Å². The first-order valence-corrected chi connectivity index (χ1v) is 8.85. The molecule has 1 N–H and O–H groups in total. The Hall–Kier alpha value is -1.94. The van der Waals surface area contributed by atoms with Gasteiger partial charge in [-0.25, -0.2) is 0 Å². The summed E-state index contributed by atoms with van der Waals surface area (Å²) in [5.74, 6) is 0.0165. The van der Waals surface area contributed by atoms with E-state index in [0.717, 1.165) is 18.5 Å². The lowest BCUT2D eigenvalue weighted by Gasteiger charge is -2.14. The van der Waals surface area contributed by atoms with Crippen LogP contribution in [0.25, 0.3) is 0 Å². The van der Waals surface area contributed by atoms with Crippen molar-refractivity contribution in [1.29, 1.82) is 0 Å². The predicted molar refractivity (Wildman–Crippen MR) is 97.5 cm³/mol. The van der Waals surface area contributed by atoms with E-state index >= 15 is 0 Å². The molecule has 3 rings (SSSR count). The number of fused-ring (bicyclic) bond motifs is 1. The number of nitrogens with one attached hydrogen (secondary N) is 1. The Balaban J connectivity index is 1.55. The van der Waals surface area contributed by atoms with Crippen molar-refractivity contribution in [3.63, 3.8) is 0 Å². The zero-order chi connectivity index (χ0) is 16.2. The summed E-state index contributed by atoms with van der Waals surface area (Å²) in [7, 11) is 2.09. The van der Waals surface area contributed by atoms with Gasteiger partial charge in [-0.05, 0) is 42.3 Å². The topological polar surface area (TPSA) is 32.3 Å². The highest BCUT2D eigenvalue weighted by atomic mass is 32.2. The number of hydrogen-bond donors (Lipinski definition) is 1. The van der Waals surface area contributed by atoms with Gasteiger partial charge in [0.15, 0.2) is 0 Å². The van der Waals surface area contributed by atoms with Crippen molar-refractivity contribution in [3.8, 4) is 0 Å². The van der Waals surface area contributed by atoms with Crippen molar-refractivity contribution in [1.82, 2.24) is 5.32 Å². The molecule has 0 saturated carbocycles. The molecule has 0 unspecified atom stereocenters. The summed E-state index contributed by atoms with van der Waals surface area (Å²) < 4.78 is 0. The highest BCUT2D eigenvalue weighted by Crippen LogP contribution is 2.27. The van der Waals surface area contributed by atoms with E-state index in [1.54, 1.807) is 11.8 Å². The Labute approximate surface area is 142 Å². The van der Waals surface area contributed by atoms with Crippen molar-refractivity contribution in [3.05, 3.63) is 59.7 Å². The van der Waals surface area contributed by atoms with E-state index in [9.17, 15) is 4.79 Å². The van der Waals surface area contributed by atoms with Crippen LogP contribution in [0, 0.1) is 0 Å². The molecule has 120 valence electrons. The Bertz CT molecular complexity index is 687. The predicted octanol–water partition coefficient (Wildman–Crippen LogP) is 3.59. The largest absolute Gasteiger partial charge is 0.374 e. The molecule has 0 spiro atoms. The molecule has 0 fully saturated rings. The van der Waals surface area contributed by atoms with Gasteiger partial charge in [0.25, 0.3) is 5.91 Å². The van der Waals surface area contributed by atoms with E-state index in [0.29, 0.717) is 11.8 Å². The van der Waals surface area contributed by atoms with E-state index in [1.807, 2.05) is 30.3 Å². The third-order valence-electron chi connectivity index (χ3n) is 4.10. The van der Waals surface area contributed by atoms with Crippen LogP contribution < -0.4 is 10.2 Å². The van der Waals surface area contributed by atoms with Crippen LogP contribution in [-0.4, -0.2) is 31.3 Å². The summed E-state index contributed by atoms with van der Waals surface area (Å²) in [6, 6.07) is 16.3. The van der Waals surface area contributed by atoms with E-state index in [4.69, 9.17) is 0 Å². The lowest BCUT2D eigenvalue weighted by Crippen LogP contribution is -2.29. The van der Waals surface area contributed by atoms with Gasteiger partial charge in [0, 0.05) is 41.5 Å². The normalized spacial score (nSPS) is 14.4. The number of amides is 1. The number of rotatable bonds is 5. The van der Waals surface area contributed by atoms with Gasteiger partial charge in [0.1, 0.15) is 0 Å². The third kappa shape index (κ3) is 3.88. The monoisotopic (exact) mass is 326 g/mol. The molecule has 1 atom stereocenters. The summed E-state index contributed by atoms with van der Waals surface area (Å²) in [4.78, 5) is 15.8. The van der Waals surface area contributed by atoms with Gasteiger partial charge in [0.2, 0.25) is 0 Å². The van der Waals surface area contributed by atoms with Crippen LogP contribution in [0.3, 0.4) is 0 Å². The first-order valence-electron chi connectivity index (χ1n) is 7.97. The minimum absolute atomic E-state index is 0.0165. The first-order chi connectivity index (χ1) is 11.1. The summed E-state index contributed by atoms with van der Waals surface area (Å²) in [6.07, 6.45) is 1.02. The van der Waals surface area contributed by atoms with Crippen molar-refractivity contribution in [2.45, 2.75) is 23.5 Å². The number of hydrogen-bond acceptors (Lipinski definition) is 3. The smallest absolute Gasteiger partial charge is 0.251 e. The molecule has 0 aromatic heterocycles. The highest BCUT2D eigenvalue weighted by molar-refractivity contribution is 8.00. The number of anilines is 1. The van der Waals surface area contributed by atoms with E-state index in [-0.39, 0.29) is 5.91 Å². The molecule has 3 nitrogen and oxygen atoms in total. The number of nitrogens with zero attached hydrogens (tertiary/aromatic N) is 1. The molecular formula is C19H22N2OS. The molecule has 0 radical (unpaired) electrons. The lowest BCUT2D eigenvalue weighted by molar-refractivity contribution is 0.0954. The Morgan fingerprint density at radius 1 is 1.26 bits per heavy atom. The molecule has 1 aliphatic heterocycles. The minimum atomic E-state index is 0.0165. The van der Waals surface area contributed by atoms with Crippen LogP contribution in [0.2, 0.25) is 0 Å². The zero-order valence-electron chi connectivity index (χ0n) is 13.6. The van der Waals surface area contributed by atoms with Gasteiger partial charge in [-0.1, -0.05) is 25.1 Å². The van der Waals surface area contributed by atoms with Crippen molar-refractivity contribution < 1.29 is 4.79 Å². The molecule has 1 aliphatic rings. The van der Waals surface area contributed by atoms with Crippen molar-refractivity contribution in [2.24, 2.45) is 0 Å². The van der Waals surface area contributed by atoms with Crippen LogP contribution in [0.1, 0.15) is 22.8 Å². The third-order valence-corrected chi connectivity index (χ3v) is 5.21. The standard InChI is InChI=1S/C19H22N2OS/c1-14(23-17-6-4-3-5-7-17)13-20-19(22)16-8-9-18-15(12-16)10-11-21(18)2/h3-9,12,14H,10-11,13H2,1-2H3,(H,20,22)/t14-/m1/s1. The summed E-state index contributed by atoms with van der Waals surface area (Å²) >= 11 is 1.78. The molecule has 0 aliphatic carbocycles. The van der Waals surface area contributed by atoms with Crippen LogP contribution in [0.5, 0.6) is 0 Å². The Kier molecular flexibility index (Phi) is 4.91. The second kappa shape index (κ2) is 7.09. The lowest BCUT2D eigenvalue weighted by atomic mass is 10.1. The average Bonchev–Trinajstić information content (AvgIpc) is 2.94. The van der Waals surface area contributed by atoms with Gasteiger partial charge in [-0.15, -0.1) is 11.8 Å². The van der Waals surface area contributed by atoms with E-state index in [2.05, 4.69) is 42.4 Å². The summed E-state index contributed by atoms with van der Waals surface area (Å²) in [5.41, 5.74) is 3.28. The highest BCUT2D eigenvalue weighted by Gasteiger charge is 2.17. The van der Waals surface area contributed by atoms with Crippen LogP contribution in [-0.2, 0) is 6.42 Å². The second-order valence-corrected chi connectivity index (χ2v) is 7.48. The molecule has 2 aromatic carbocycles. The molecule has 2 aromatic rings. The van der Waals surface area contributed by atoms with Gasteiger partial charge in [-0.2, -0.15) is 0 Å².